The topological polar surface area (TPSA) is 48.7 Å². The van der Waals surface area contributed by atoms with E-state index < -0.39 is 0 Å². The fourth-order valence-electron chi connectivity index (χ4n) is 4.21. The molecule has 1 aromatic rings. The second-order valence-corrected chi connectivity index (χ2v) is 7.64. The molecule has 3 fully saturated rings. The number of nitrogens with one attached hydrogen (secondary N) is 1. The second kappa shape index (κ2) is 5.95. The molecule has 1 aliphatic carbocycles. The summed E-state index contributed by atoms with van der Waals surface area (Å²) in [5.74, 6) is 3.61. The third-order valence-corrected chi connectivity index (χ3v) is 5.76. The number of nitrogens with zero attached hydrogens (tertiary/aromatic N) is 2. The number of likely N-dealkylation sites (tertiary alicyclic amines) is 2. The SMILES string of the molecule is Cc1ccc(CN2C[C@@H]3C[C@H](C(=O)NCC4CC4)N(C)[C@@H]3C2)o1. The molecule has 0 spiro atoms. The van der Waals surface area contributed by atoms with Crippen LogP contribution in [0.5, 0.6) is 0 Å². The standard InChI is InChI=1S/C18H27N3O2/c1-12-3-6-15(23-12)10-21-9-14-7-16(20(2)17(14)11-21)18(22)19-8-13-4-5-13/h3,6,13-14,16-17H,4-5,7-11H2,1-2H3,(H,19,22)/t14-,16+,17+/m0/s1. The van der Waals surface area contributed by atoms with Gasteiger partial charge in [-0.15, -0.1) is 0 Å². The first-order chi connectivity index (χ1) is 11.1. The number of rotatable bonds is 5. The molecule has 0 radical (unpaired) electrons. The maximum absolute atomic E-state index is 12.4. The highest BCUT2D eigenvalue weighted by Crippen LogP contribution is 2.35. The van der Waals surface area contributed by atoms with Gasteiger partial charge in [-0.05, 0) is 57.2 Å². The summed E-state index contributed by atoms with van der Waals surface area (Å²) in [4.78, 5) is 17.2. The van der Waals surface area contributed by atoms with Crippen molar-refractivity contribution in [2.75, 3.05) is 26.7 Å². The fourth-order valence-corrected chi connectivity index (χ4v) is 4.21. The van der Waals surface area contributed by atoms with Crippen LogP contribution in [0.3, 0.4) is 0 Å². The van der Waals surface area contributed by atoms with Crippen LogP contribution >= 0.6 is 0 Å². The molecule has 126 valence electrons. The van der Waals surface area contributed by atoms with Crippen molar-refractivity contribution in [3.63, 3.8) is 0 Å². The van der Waals surface area contributed by atoms with E-state index in [2.05, 4.69) is 28.2 Å². The maximum atomic E-state index is 12.4. The van der Waals surface area contributed by atoms with Gasteiger partial charge < -0.3 is 9.73 Å². The van der Waals surface area contributed by atoms with Crippen molar-refractivity contribution in [1.29, 1.82) is 0 Å². The van der Waals surface area contributed by atoms with Gasteiger partial charge in [0.05, 0.1) is 12.6 Å². The smallest absolute Gasteiger partial charge is 0.237 e. The van der Waals surface area contributed by atoms with Gasteiger partial charge in [0.25, 0.3) is 0 Å². The van der Waals surface area contributed by atoms with Crippen LogP contribution < -0.4 is 5.32 Å². The van der Waals surface area contributed by atoms with Gasteiger partial charge in [0, 0.05) is 25.7 Å². The minimum absolute atomic E-state index is 0.0664. The first kappa shape index (κ1) is 15.2. The number of likely N-dealkylation sites (N-methyl/N-ethyl adjacent to an activating group) is 1. The Morgan fingerprint density at radius 3 is 2.83 bits per heavy atom. The van der Waals surface area contributed by atoms with Crippen molar-refractivity contribution < 1.29 is 9.21 Å². The molecule has 23 heavy (non-hydrogen) atoms. The molecule has 0 aromatic carbocycles. The van der Waals surface area contributed by atoms with Crippen LogP contribution in [0.4, 0.5) is 0 Å². The van der Waals surface area contributed by atoms with Crippen molar-refractivity contribution in [2.45, 2.75) is 44.8 Å². The molecule has 0 unspecified atom stereocenters. The van der Waals surface area contributed by atoms with Gasteiger partial charge in [-0.3, -0.25) is 14.6 Å². The van der Waals surface area contributed by atoms with Crippen molar-refractivity contribution >= 4 is 5.91 Å². The number of amides is 1. The minimum atomic E-state index is 0.0664. The van der Waals surface area contributed by atoms with Crippen LogP contribution in [0.25, 0.3) is 0 Å². The summed E-state index contributed by atoms with van der Waals surface area (Å²) in [6.45, 7) is 5.85. The van der Waals surface area contributed by atoms with Crippen molar-refractivity contribution in [1.82, 2.24) is 15.1 Å². The van der Waals surface area contributed by atoms with Crippen LogP contribution in [0.15, 0.2) is 16.5 Å². The highest BCUT2D eigenvalue weighted by atomic mass is 16.3. The van der Waals surface area contributed by atoms with Gasteiger partial charge in [0.2, 0.25) is 5.91 Å². The Morgan fingerprint density at radius 2 is 2.17 bits per heavy atom. The van der Waals surface area contributed by atoms with E-state index in [4.69, 9.17) is 4.42 Å². The second-order valence-electron chi connectivity index (χ2n) is 7.64. The molecule has 1 aromatic heterocycles. The molecule has 2 saturated heterocycles. The van der Waals surface area contributed by atoms with Crippen LogP contribution in [0, 0.1) is 18.8 Å². The van der Waals surface area contributed by atoms with Gasteiger partial charge in [0.1, 0.15) is 11.5 Å². The van der Waals surface area contributed by atoms with Crippen LogP contribution in [0.2, 0.25) is 0 Å². The lowest BCUT2D eigenvalue weighted by molar-refractivity contribution is -0.125. The Bertz CT molecular complexity index is 581. The van der Waals surface area contributed by atoms with E-state index in [9.17, 15) is 4.79 Å². The Hall–Kier alpha value is -1.33. The average molecular weight is 317 g/mol. The van der Waals surface area contributed by atoms with E-state index in [1.165, 1.54) is 12.8 Å². The first-order valence-electron chi connectivity index (χ1n) is 8.87. The van der Waals surface area contributed by atoms with Gasteiger partial charge in [-0.2, -0.15) is 0 Å². The number of hydrogen-bond donors (Lipinski definition) is 1. The highest BCUT2D eigenvalue weighted by Gasteiger charge is 2.47. The van der Waals surface area contributed by atoms with Gasteiger partial charge >= 0.3 is 0 Å². The third kappa shape index (κ3) is 3.17. The first-order valence-corrected chi connectivity index (χ1v) is 8.87. The predicted octanol–water partition coefficient (Wildman–Crippen LogP) is 1.62. The molecule has 1 amide bonds. The largest absolute Gasteiger partial charge is 0.465 e. The molecule has 1 saturated carbocycles. The van der Waals surface area contributed by atoms with Gasteiger partial charge in [0.15, 0.2) is 0 Å². The van der Waals surface area contributed by atoms with Crippen LogP contribution in [-0.2, 0) is 11.3 Å². The Morgan fingerprint density at radius 1 is 1.35 bits per heavy atom. The summed E-state index contributed by atoms with van der Waals surface area (Å²) in [5, 5.41) is 3.15. The van der Waals surface area contributed by atoms with Crippen LogP contribution in [-0.4, -0.2) is 54.5 Å². The minimum Gasteiger partial charge on any atom is -0.465 e. The highest BCUT2D eigenvalue weighted by molar-refractivity contribution is 5.82. The van der Waals surface area contributed by atoms with E-state index in [0.717, 1.165) is 50.0 Å². The quantitative estimate of drug-likeness (QED) is 0.896. The van der Waals surface area contributed by atoms with Crippen molar-refractivity contribution in [2.24, 2.45) is 11.8 Å². The summed E-state index contributed by atoms with van der Waals surface area (Å²) in [6, 6.07) is 4.67. The molecular formula is C18H27N3O2. The van der Waals surface area contributed by atoms with E-state index in [-0.39, 0.29) is 11.9 Å². The molecule has 2 aliphatic heterocycles. The van der Waals surface area contributed by atoms with E-state index in [1.54, 1.807) is 0 Å². The lowest BCUT2D eigenvalue weighted by Crippen LogP contribution is -2.46. The molecule has 1 N–H and O–H groups in total. The summed E-state index contributed by atoms with van der Waals surface area (Å²) in [5.41, 5.74) is 0. The van der Waals surface area contributed by atoms with E-state index in [1.807, 2.05) is 13.0 Å². The lowest BCUT2D eigenvalue weighted by atomic mass is 10.0. The Balaban J connectivity index is 1.31. The number of hydrogen-bond acceptors (Lipinski definition) is 4. The summed E-state index contributed by atoms with van der Waals surface area (Å²) in [7, 11) is 2.12. The summed E-state index contributed by atoms with van der Waals surface area (Å²) in [6.07, 6.45) is 3.56. The monoisotopic (exact) mass is 317 g/mol. The number of carbonyl (C=O) groups is 1. The molecule has 3 atom stereocenters. The van der Waals surface area contributed by atoms with Crippen molar-refractivity contribution in [3.8, 4) is 0 Å². The van der Waals surface area contributed by atoms with E-state index >= 15 is 0 Å². The summed E-state index contributed by atoms with van der Waals surface area (Å²) >= 11 is 0. The molecule has 5 heteroatoms. The zero-order chi connectivity index (χ0) is 16.0. The average Bonchev–Trinajstić information content (AvgIpc) is 3.02. The molecular weight excluding hydrogens is 290 g/mol. The van der Waals surface area contributed by atoms with Gasteiger partial charge in [-0.1, -0.05) is 0 Å². The Kier molecular flexibility index (Phi) is 3.93. The number of aryl methyl sites for hydroxylation is 1. The number of carbonyl (C=O) groups excluding carboxylic acids is 1. The zero-order valence-electron chi connectivity index (χ0n) is 14.1. The number of fused-ring (bicyclic) bond motifs is 1. The molecule has 0 bridgehead atoms. The lowest BCUT2D eigenvalue weighted by Gasteiger charge is -2.25. The predicted molar refractivity (Wildman–Crippen MR) is 87.9 cm³/mol. The molecule has 3 heterocycles. The maximum Gasteiger partial charge on any atom is 0.237 e. The molecule has 5 nitrogen and oxygen atoms in total. The third-order valence-electron chi connectivity index (χ3n) is 5.76. The zero-order valence-corrected chi connectivity index (χ0v) is 14.1. The normalized spacial score (nSPS) is 31.5. The summed E-state index contributed by atoms with van der Waals surface area (Å²) < 4.78 is 5.69. The number of furan rings is 1. The molecule has 3 aliphatic rings. The van der Waals surface area contributed by atoms with Crippen LogP contribution in [0.1, 0.15) is 30.8 Å². The van der Waals surface area contributed by atoms with Crippen molar-refractivity contribution in [3.05, 3.63) is 23.7 Å². The Labute approximate surface area is 138 Å². The molecule has 4 rings (SSSR count). The fraction of sp³-hybridized carbons (Fsp3) is 0.722. The van der Waals surface area contributed by atoms with Gasteiger partial charge in [-0.25, -0.2) is 0 Å². The van der Waals surface area contributed by atoms with E-state index in [0.29, 0.717) is 12.0 Å².